The molecule has 2 atom stereocenters. The van der Waals surface area contributed by atoms with Crippen LogP contribution in [0.3, 0.4) is 0 Å². The van der Waals surface area contributed by atoms with Crippen molar-refractivity contribution in [3.63, 3.8) is 0 Å². The highest BCUT2D eigenvalue weighted by Crippen LogP contribution is 2.24. The number of carbonyl (C=O) groups excluding carboxylic acids is 2. The molecule has 25 heavy (non-hydrogen) atoms. The van der Waals surface area contributed by atoms with E-state index in [1.54, 1.807) is 4.90 Å². The second kappa shape index (κ2) is 7.51. The fourth-order valence-corrected chi connectivity index (χ4v) is 3.33. The van der Waals surface area contributed by atoms with Crippen LogP contribution < -0.4 is 10.2 Å². The quantitative estimate of drug-likeness (QED) is 0.909. The van der Waals surface area contributed by atoms with Gasteiger partial charge in [-0.2, -0.15) is 0 Å². The molecule has 1 N–H and O–H groups in total. The van der Waals surface area contributed by atoms with Gasteiger partial charge in [-0.15, -0.1) is 0 Å². The van der Waals surface area contributed by atoms with E-state index in [4.69, 9.17) is 0 Å². The largest absolute Gasteiger partial charge is 0.344 e. The smallest absolute Gasteiger partial charge is 0.249 e. The highest BCUT2D eigenvalue weighted by Gasteiger charge is 2.34. The minimum Gasteiger partial charge on any atom is -0.344 e. The Morgan fingerprint density at radius 1 is 1.16 bits per heavy atom. The Balaban J connectivity index is 1.68. The van der Waals surface area contributed by atoms with Crippen LogP contribution in [0.25, 0.3) is 0 Å². The van der Waals surface area contributed by atoms with Gasteiger partial charge in [0.25, 0.3) is 0 Å². The van der Waals surface area contributed by atoms with Crippen LogP contribution in [0.1, 0.15) is 36.8 Å². The Kier molecular flexibility index (Phi) is 5.17. The minimum atomic E-state index is -0.438. The molecule has 1 aliphatic heterocycles. The minimum absolute atomic E-state index is 0.0277. The molecule has 0 aliphatic carbocycles. The predicted molar refractivity (Wildman–Crippen MR) is 99.6 cm³/mol. The number of amides is 2. The van der Waals surface area contributed by atoms with Crippen LogP contribution in [-0.4, -0.2) is 24.4 Å². The van der Waals surface area contributed by atoms with Gasteiger partial charge in [-0.05, 0) is 37.5 Å². The number of hydrogen-bond acceptors (Lipinski definition) is 2. The first-order valence-corrected chi connectivity index (χ1v) is 8.83. The fourth-order valence-electron chi connectivity index (χ4n) is 3.33. The van der Waals surface area contributed by atoms with Gasteiger partial charge in [0.2, 0.25) is 11.8 Å². The second-order valence-electron chi connectivity index (χ2n) is 6.55. The monoisotopic (exact) mass is 336 g/mol. The Morgan fingerprint density at radius 2 is 1.84 bits per heavy atom. The number of nitrogens with one attached hydrogen (secondary N) is 1. The van der Waals surface area contributed by atoms with E-state index in [-0.39, 0.29) is 17.7 Å². The lowest BCUT2D eigenvalue weighted by molar-refractivity contribution is -0.127. The predicted octanol–water partition coefficient (Wildman–Crippen LogP) is 3.41. The molecule has 0 radical (unpaired) electrons. The Hall–Kier alpha value is -2.62. The second-order valence-corrected chi connectivity index (χ2v) is 6.55. The maximum atomic E-state index is 12.7. The van der Waals surface area contributed by atoms with E-state index in [1.165, 1.54) is 0 Å². The summed E-state index contributed by atoms with van der Waals surface area (Å²) in [5.41, 5.74) is 3.04. The van der Waals surface area contributed by atoms with E-state index < -0.39 is 6.04 Å². The van der Waals surface area contributed by atoms with Gasteiger partial charge in [-0.25, -0.2) is 0 Å². The third-order valence-corrected chi connectivity index (χ3v) is 4.79. The summed E-state index contributed by atoms with van der Waals surface area (Å²) >= 11 is 0. The molecule has 1 saturated heterocycles. The summed E-state index contributed by atoms with van der Waals surface area (Å²) in [4.78, 5) is 27.1. The molecule has 0 bridgehead atoms. The van der Waals surface area contributed by atoms with Crippen molar-refractivity contribution < 1.29 is 9.59 Å². The molecule has 3 rings (SSSR count). The van der Waals surface area contributed by atoms with E-state index in [9.17, 15) is 9.59 Å². The van der Waals surface area contributed by atoms with Crippen molar-refractivity contribution in [2.45, 2.75) is 38.6 Å². The van der Waals surface area contributed by atoms with Crippen molar-refractivity contribution in [3.8, 4) is 0 Å². The van der Waals surface area contributed by atoms with Gasteiger partial charge < -0.3 is 10.2 Å². The lowest BCUT2D eigenvalue weighted by Gasteiger charge is -2.20. The summed E-state index contributed by atoms with van der Waals surface area (Å²) in [5.74, 6) is -0.319. The zero-order valence-corrected chi connectivity index (χ0v) is 14.7. The first kappa shape index (κ1) is 17.2. The number of rotatable bonds is 5. The van der Waals surface area contributed by atoms with Crippen LogP contribution in [0.15, 0.2) is 54.6 Å². The maximum absolute atomic E-state index is 12.7. The average Bonchev–Trinajstić information content (AvgIpc) is 2.98. The van der Waals surface area contributed by atoms with Crippen molar-refractivity contribution >= 4 is 17.5 Å². The first-order chi connectivity index (χ1) is 12.1. The third-order valence-electron chi connectivity index (χ3n) is 4.79. The highest BCUT2D eigenvalue weighted by atomic mass is 16.2. The molecule has 2 amide bonds. The SMILES string of the molecule is CC[C@@H](C(=O)N[C@H]1CCN(c2ccc(C)cc2)C1=O)c1ccccc1. The van der Waals surface area contributed by atoms with Crippen LogP contribution in [0.5, 0.6) is 0 Å². The number of nitrogens with zero attached hydrogens (tertiary/aromatic N) is 1. The summed E-state index contributed by atoms with van der Waals surface area (Å²) in [6.45, 7) is 4.65. The Morgan fingerprint density at radius 3 is 2.48 bits per heavy atom. The molecule has 1 aliphatic rings. The number of carbonyl (C=O) groups is 2. The van der Waals surface area contributed by atoms with Gasteiger partial charge in [0.05, 0.1) is 5.92 Å². The summed E-state index contributed by atoms with van der Waals surface area (Å²) in [5, 5.41) is 2.96. The zero-order valence-electron chi connectivity index (χ0n) is 14.7. The van der Waals surface area contributed by atoms with E-state index in [0.717, 1.165) is 16.8 Å². The van der Waals surface area contributed by atoms with Crippen LogP contribution in [0.4, 0.5) is 5.69 Å². The van der Waals surface area contributed by atoms with Crippen LogP contribution in [-0.2, 0) is 9.59 Å². The molecule has 2 aromatic rings. The molecule has 0 saturated carbocycles. The highest BCUT2D eigenvalue weighted by molar-refractivity contribution is 6.01. The lowest BCUT2D eigenvalue weighted by atomic mass is 9.95. The number of anilines is 1. The van der Waals surface area contributed by atoms with Gasteiger partial charge in [0.1, 0.15) is 6.04 Å². The fraction of sp³-hybridized carbons (Fsp3) is 0.333. The van der Waals surface area contributed by atoms with Crippen LogP contribution in [0, 0.1) is 6.92 Å². The van der Waals surface area contributed by atoms with Crippen molar-refractivity contribution in [2.75, 3.05) is 11.4 Å². The van der Waals surface area contributed by atoms with Gasteiger partial charge in [-0.3, -0.25) is 9.59 Å². The maximum Gasteiger partial charge on any atom is 0.249 e. The first-order valence-electron chi connectivity index (χ1n) is 8.83. The number of hydrogen-bond donors (Lipinski definition) is 1. The summed E-state index contributed by atoms with van der Waals surface area (Å²) in [6.07, 6.45) is 1.35. The number of aryl methyl sites for hydroxylation is 1. The normalized spacial score (nSPS) is 18.2. The third kappa shape index (κ3) is 3.73. The van der Waals surface area contributed by atoms with Crippen molar-refractivity contribution in [3.05, 3.63) is 65.7 Å². The Bertz CT molecular complexity index is 740. The van der Waals surface area contributed by atoms with Gasteiger partial charge >= 0.3 is 0 Å². The summed E-state index contributed by atoms with van der Waals surface area (Å²) < 4.78 is 0. The zero-order chi connectivity index (χ0) is 17.8. The molecule has 1 fully saturated rings. The molecule has 0 unspecified atom stereocenters. The molecule has 4 nitrogen and oxygen atoms in total. The van der Waals surface area contributed by atoms with Gasteiger partial charge in [0, 0.05) is 12.2 Å². The van der Waals surface area contributed by atoms with Crippen molar-refractivity contribution in [1.29, 1.82) is 0 Å². The standard InChI is InChI=1S/C21H24N2O2/c1-3-18(16-7-5-4-6-8-16)20(24)22-19-13-14-23(21(19)25)17-11-9-15(2)10-12-17/h4-12,18-19H,3,13-14H2,1-2H3,(H,22,24)/t18-,19+/m1/s1. The lowest BCUT2D eigenvalue weighted by Crippen LogP contribution is -2.43. The average molecular weight is 336 g/mol. The summed E-state index contributed by atoms with van der Waals surface area (Å²) in [7, 11) is 0. The van der Waals surface area contributed by atoms with Gasteiger partial charge in [-0.1, -0.05) is 55.0 Å². The number of benzene rings is 2. The van der Waals surface area contributed by atoms with Crippen LogP contribution in [0.2, 0.25) is 0 Å². The van der Waals surface area contributed by atoms with Crippen molar-refractivity contribution in [1.82, 2.24) is 5.32 Å². The topological polar surface area (TPSA) is 49.4 Å². The van der Waals surface area contributed by atoms with Crippen molar-refractivity contribution in [2.24, 2.45) is 0 Å². The van der Waals surface area contributed by atoms with E-state index in [1.807, 2.05) is 68.4 Å². The molecule has 4 heteroatoms. The molecule has 130 valence electrons. The van der Waals surface area contributed by atoms with E-state index >= 15 is 0 Å². The Labute approximate surface area is 148 Å². The molecule has 0 spiro atoms. The molecule has 0 aromatic heterocycles. The van der Waals surface area contributed by atoms with E-state index in [0.29, 0.717) is 19.4 Å². The van der Waals surface area contributed by atoms with Crippen LogP contribution >= 0.6 is 0 Å². The van der Waals surface area contributed by atoms with Gasteiger partial charge in [0.15, 0.2) is 0 Å². The molecular weight excluding hydrogens is 312 g/mol. The summed E-state index contributed by atoms with van der Waals surface area (Å²) in [6, 6.07) is 17.2. The molecule has 2 aromatic carbocycles. The van der Waals surface area contributed by atoms with E-state index in [2.05, 4.69) is 5.32 Å². The molecule has 1 heterocycles. The molecular formula is C21H24N2O2.